The van der Waals surface area contributed by atoms with E-state index in [0.717, 1.165) is 12.1 Å². The Balaban J connectivity index is 2.12. The van der Waals surface area contributed by atoms with Crippen molar-refractivity contribution in [2.75, 3.05) is 5.32 Å². The molecule has 0 aliphatic heterocycles. The van der Waals surface area contributed by atoms with E-state index in [1.807, 2.05) is 0 Å². The lowest BCUT2D eigenvalue weighted by Gasteiger charge is -2.08. The molecule has 1 N–H and O–H groups in total. The molecule has 0 unspecified atom stereocenters. The Bertz CT molecular complexity index is 851. The number of hydrogen-bond acceptors (Lipinski definition) is 3. The topological polar surface area (TPSA) is 60.1 Å². The smallest absolute Gasteiger partial charge is 0.416 e. The normalized spacial score (nSPS) is 11.8. The van der Waals surface area contributed by atoms with Gasteiger partial charge in [-0.3, -0.25) is 10.1 Å². The SMILES string of the molecule is CC(=O)Nc1nc2cc(C(F)(F)F)ccc2n1Cc1ccco1. The molecule has 0 spiro atoms. The molecule has 2 aromatic heterocycles. The lowest BCUT2D eigenvalue weighted by atomic mass is 10.2. The number of alkyl halides is 3. The first-order chi connectivity index (χ1) is 10.8. The summed E-state index contributed by atoms with van der Waals surface area (Å²) in [6.45, 7) is 1.54. The number of halogens is 3. The van der Waals surface area contributed by atoms with E-state index in [1.165, 1.54) is 19.3 Å². The number of aromatic nitrogens is 2. The molecular formula is C15H12F3N3O2. The van der Waals surface area contributed by atoms with Crippen LogP contribution in [0.3, 0.4) is 0 Å². The van der Waals surface area contributed by atoms with Crippen molar-refractivity contribution >= 4 is 22.9 Å². The molecule has 3 aromatic rings. The van der Waals surface area contributed by atoms with Crippen molar-refractivity contribution in [1.82, 2.24) is 9.55 Å². The van der Waals surface area contributed by atoms with E-state index < -0.39 is 11.7 Å². The van der Waals surface area contributed by atoms with Gasteiger partial charge in [-0.2, -0.15) is 13.2 Å². The van der Waals surface area contributed by atoms with Gasteiger partial charge in [-0.05, 0) is 30.3 Å². The summed E-state index contributed by atoms with van der Waals surface area (Å²) in [5.41, 5.74) is -0.171. The lowest BCUT2D eigenvalue weighted by molar-refractivity contribution is -0.137. The number of rotatable bonds is 3. The molecule has 3 rings (SSSR count). The first-order valence-electron chi connectivity index (χ1n) is 6.72. The zero-order valence-electron chi connectivity index (χ0n) is 12.0. The number of furan rings is 1. The molecule has 2 heterocycles. The number of amides is 1. The van der Waals surface area contributed by atoms with Gasteiger partial charge in [-0.25, -0.2) is 4.98 Å². The molecule has 0 radical (unpaired) electrons. The summed E-state index contributed by atoms with van der Waals surface area (Å²) in [6, 6.07) is 6.71. The summed E-state index contributed by atoms with van der Waals surface area (Å²) >= 11 is 0. The third kappa shape index (κ3) is 3.05. The Kier molecular flexibility index (Phi) is 3.59. The molecule has 8 heteroatoms. The van der Waals surface area contributed by atoms with Gasteiger partial charge in [0, 0.05) is 6.92 Å². The maximum Gasteiger partial charge on any atom is 0.416 e. The van der Waals surface area contributed by atoms with Gasteiger partial charge in [0.15, 0.2) is 0 Å². The first kappa shape index (κ1) is 15.1. The van der Waals surface area contributed by atoms with Crippen LogP contribution >= 0.6 is 0 Å². The fraction of sp³-hybridized carbons (Fsp3) is 0.200. The van der Waals surface area contributed by atoms with E-state index in [2.05, 4.69) is 10.3 Å². The van der Waals surface area contributed by atoms with Crippen LogP contribution in [0.1, 0.15) is 18.2 Å². The summed E-state index contributed by atoms with van der Waals surface area (Å²) in [4.78, 5) is 15.4. The van der Waals surface area contributed by atoms with Crippen LogP contribution in [-0.2, 0) is 17.5 Å². The largest absolute Gasteiger partial charge is 0.467 e. The molecule has 0 atom stereocenters. The minimum absolute atomic E-state index is 0.148. The third-order valence-corrected chi connectivity index (χ3v) is 3.26. The predicted molar refractivity (Wildman–Crippen MR) is 76.8 cm³/mol. The molecule has 0 fully saturated rings. The van der Waals surface area contributed by atoms with Gasteiger partial charge in [0.05, 0.1) is 29.4 Å². The molecule has 5 nitrogen and oxygen atoms in total. The van der Waals surface area contributed by atoms with Gasteiger partial charge >= 0.3 is 6.18 Å². The van der Waals surface area contributed by atoms with Crippen molar-refractivity contribution in [2.45, 2.75) is 19.6 Å². The Morgan fingerprint density at radius 3 is 2.74 bits per heavy atom. The van der Waals surface area contributed by atoms with E-state index in [9.17, 15) is 18.0 Å². The molecule has 1 amide bonds. The van der Waals surface area contributed by atoms with Crippen LogP contribution in [0.25, 0.3) is 11.0 Å². The van der Waals surface area contributed by atoms with Crippen LogP contribution in [0, 0.1) is 0 Å². The highest BCUT2D eigenvalue weighted by molar-refractivity contribution is 5.90. The van der Waals surface area contributed by atoms with Gasteiger partial charge in [0.1, 0.15) is 5.76 Å². The maximum atomic E-state index is 12.8. The average molecular weight is 323 g/mol. The molecule has 0 bridgehead atoms. The second kappa shape index (κ2) is 5.45. The van der Waals surface area contributed by atoms with E-state index in [1.54, 1.807) is 16.7 Å². The Hall–Kier alpha value is -2.77. The molecule has 120 valence electrons. The van der Waals surface area contributed by atoms with Crippen LogP contribution in [0.4, 0.5) is 19.1 Å². The number of hydrogen-bond donors (Lipinski definition) is 1. The van der Waals surface area contributed by atoms with E-state index in [0.29, 0.717) is 11.3 Å². The standard InChI is InChI=1S/C15H12F3N3O2/c1-9(22)19-14-20-12-7-10(15(16,17)18)4-5-13(12)21(14)8-11-3-2-6-23-11/h2-7H,8H2,1H3,(H,19,20,22). The molecular weight excluding hydrogens is 311 g/mol. The second-order valence-electron chi connectivity index (χ2n) is 4.98. The number of benzene rings is 1. The minimum atomic E-state index is -4.45. The van der Waals surface area contributed by atoms with Crippen molar-refractivity contribution in [3.8, 4) is 0 Å². The van der Waals surface area contributed by atoms with Crippen LogP contribution in [0.2, 0.25) is 0 Å². The fourth-order valence-corrected chi connectivity index (χ4v) is 2.28. The molecule has 0 saturated carbocycles. The van der Waals surface area contributed by atoms with Crippen LogP contribution in [0.15, 0.2) is 41.0 Å². The molecule has 0 aliphatic carbocycles. The summed E-state index contributed by atoms with van der Waals surface area (Å²) in [5.74, 6) is 0.399. The average Bonchev–Trinajstić information content (AvgIpc) is 3.06. The zero-order chi connectivity index (χ0) is 16.6. The number of carbonyl (C=O) groups is 1. The van der Waals surface area contributed by atoms with Gasteiger partial charge in [-0.15, -0.1) is 0 Å². The van der Waals surface area contributed by atoms with Gasteiger partial charge < -0.3 is 8.98 Å². The van der Waals surface area contributed by atoms with Crippen molar-refractivity contribution < 1.29 is 22.4 Å². The second-order valence-corrected chi connectivity index (χ2v) is 4.98. The van der Waals surface area contributed by atoms with E-state index in [4.69, 9.17) is 4.42 Å². The van der Waals surface area contributed by atoms with Crippen LogP contribution in [-0.4, -0.2) is 15.5 Å². The number of imidazole rings is 1. The van der Waals surface area contributed by atoms with Crippen molar-refractivity contribution in [3.05, 3.63) is 47.9 Å². The highest BCUT2D eigenvalue weighted by Gasteiger charge is 2.31. The highest BCUT2D eigenvalue weighted by atomic mass is 19.4. The maximum absolute atomic E-state index is 12.8. The lowest BCUT2D eigenvalue weighted by Crippen LogP contribution is -2.12. The summed E-state index contributed by atoms with van der Waals surface area (Å²) in [5, 5.41) is 2.52. The van der Waals surface area contributed by atoms with Crippen molar-refractivity contribution in [3.63, 3.8) is 0 Å². The number of nitrogens with zero attached hydrogens (tertiary/aromatic N) is 2. The molecule has 0 aliphatic rings. The third-order valence-electron chi connectivity index (χ3n) is 3.26. The zero-order valence-corrected chi connectivity index (χ0v) is 12.0. The molecule has 0 saturated heterocycles. The highest BCUT2D eigenvalue weighted by Crippen LogP contribution is 2.32. The minimum Gasteiger partial charge on any atom is -0.467 e. The van der Waals surface area contributed by atoms with Gasteiger partial charge in [-0.1, -0.05) is 0 Å². The summed E-state index contributed by atoms with van der Waals surface area (Å²) in [7, 11) is 0. The van der Waals surface area contributed by atoms with Crippen LogP contribution in [0.5, 0.6) is 0 Å². The Morgan fingerprint density at radius 1 is 1.35 bits per heavy atom. The summed E-state index contributed by atoms with van der Waals surface area (Å²) in [6.07, 6.45) is -2.96. The number of fused-ring (bicyclic) bond motifs is 1. The van der Waals surface area contributed by atoms with Gasteiger partial charge in [0.25, 0.3) is 0 Å². The van der Waals surface area contributed by atoms with Crippen LogP contribution < -0.4 is 5.32 Å². The number of nitrogens with one attached hydrogen (secondary N) is 1. The molecule has 1 aromatic carbocycles. The van der Waals surface area contributed by atoms with Crippen molar-refractivity contribution in [1.29, 1.82) is 0 Å². The number of carbonyl (C=O) groups excluding carboxylic acids is 1. The summed E-state index contributed by atoms with van der Waals surface area (Å²) < 4.78 is 45.3. The number of anilines is 1. The van der Waals surface area contributed by atoms with E-state index >= 15 is 0 Å². The Labute approximate surface area is 128 Å². The monoisotopic (exact) mass is 323 g/mol. The quantitative estimate of drug-likeness (QED) is 0.800. The van der Waals surface area contributed by atoms with Crippen molar-refractivity contribution in [2.24, 2.45) is 0 Å². The van der Waals surface area contributed by atoms with Gasteiger partial charge in [0.2, 0.25) is 11.9 Å². The predicted octanol–water partition coefficient (Wildman–Crippen LogP) is 3.65. The Morgan fingerprint density at radius 2 is 2.13 bits per heavy atom. The first-order valence-corrected chi connectivity index (χ1v) is 6.72. The molecule has 23 heavy (non-hydrogen) atoms. The fourth-order valence-electron chi connectivity index (χ4n) is 2.28. The van der Waals surface area contributed by atoms with E-state index in [-0.39, 0.29) is 23.9 Å².